The molecule has 20 heavy (non-hydrogen) atoms. The van der Waals surface area contributed by atoms with Crippen molar-refractivity contribution in [1.29, 1.82) is 0 Å². The number of ether oxygens (including phenoxy) is 1. The summed E-state index contributed by atoms with van der Waals surface area (Å²) in [5.41, 5.74) is 2.40. The molecule has 0 N–H and O–H groups in total. The number of aromatic nitrogens is 2. The zero-order valence-corrected chi connectivity index (χ0v) is 13.7. The molecule has 0 unspecified atom stereocenters. The minimum absolute atomic E-state index is 0.0246. The Morgan fingerprint density at radius 1 is 1.50 bits per heavy atom. The highest BCUT2D eigenvalue weighted by atomic mass is 79.9. The van der Waals surface area contributed by atoms with Crippen LogP contribution in [0.15, 0.2) is 22.7 Å². The number of rotatable bonds is 4. The summed E-state index contributed by atoms with van der Waals surface area (Å²) in [6.07, 6.45) is 0. The first-order valence-electron chi connectivity index (χ1n) is 6.01. The minimum atomic E-state index is -0.0246. The summed E-state index contributed by atoms with van der Waals surface area (Å²) in [5.74, 6) is 0.519. The number of ketones is 1. The summed E-state index contributed by atoms with van der Waals surface area (Å²) in [6.45, 7) is 3.76. The van der Waals surface area contributed by atoms with Gasteiger partial charge < -0.3 is 4.74 Å². The van der Waals surface area contributed by atoms with Gasteiger partial charge in [0.15, 0.2) is 5.78 Å². The molecule has 0 radical (unpaired) electrons. The third-order valence-electron chi connectivity index (χ3n) is 2.96. The quantitative estimate of drug-likeness (QED) is 0.779. The van der Waals surface area contributed by atoms with Crippen LogP contribution in [0.3, 0.4) is 0 Å². The summed E-state index contributed by atoms with van der Waals surface area (Å²) >= 11 is 9.60. The minimum Gasteiger partial charge on any atom is -0.486 e. The molecular weight excluding hydrogens is 344 g/mol. The van der Waals surface area contributed by atoms with Crippen LogP contribution in [-0.2, 0) is 13.7 Å². The Balaban J connectivity index is 2.17. The summed E-state index contributed by atoms with van der Waals surface area (Å²) in [7, 11) is 1.86. The van der Waals surface area contributed by atoms with Gasteiger partial charge in [0.2, 0.25) is 0 Å². The standard InChI is InChI=1S/C14H14BrClN2O2/c1-8-14(15)12(18(3)17-8)7-20-13-5-4-10(9(2)19)6-11(13)16/h4-6H,7H2,1-3H3. The van der Waals surface area contributed by atoms with Gasteiger partial charge in [0.1, 0.15) is 12.4 Å². The van der Waals surface area contributed by atoms with E-state index in [1.807, 2.05) is 14.0 Å². The number of hydrogen-bond donors (Lipinski definition) is 0. The van der Waals surface area contributed by atoms with E-state index in [-0.39, 0.29) is 5.78 Å². The predicted molar refractivity (Wildman–Crippen MR) is 81.4 cm³/mol. The van der Waals surface area contributed by atoms with Crippen LogP contribution in [0.1, 0.15) is 28.7 Å². The van der Waals surface area contributed by atoms with E-state index in [1.54, 1.807) is 22.9 Å². The zero-order chi connectivity index (χ0) is 14.9. The van der Waals surface area contributed by atoms with Crippen molar-refractivity contribution in [3.8, 4) is 5.75 Å². The molecule has 0 spiro atoms. The predicted octanol–water partition coefficient (Wildman–Crippen LogP) is 3.93. The highest BCUT2D eigenvalue weighted by Gasteiger charge is 2.12. The summed E-state index contributed by atoms with van der Waals surface area (Å²) in [5, 5.41) is 4.72. The molecule has 0 saturated heterocycles. The molecular formula is C14H14BrClN2O2. The fraction of sp³-hybridized carbons (Fsp3) is 0.286. The Morgan fingerprint density at radius 3 is 2.70 bits per heavy atom. The lowest BCUT2D eigenvalue weighted by atomic mass is 10.1. The molecule has 0 atom stereocenters. The van der Waals surface area contributed by atoms with Gasteiger partial charge in [-0.1, -0.05) is 11.6 Å². The lowest BCUT2D eigenvalue weighted by molar-refractivity contribution is 0.101. The summed E-state index contributed by atoms with van der Waals surface area (Å²) in [6, 6.07) is 5.02. The van der Waals surface area contributed by atoms with E-state index in [0.717, 1.165) is 15.9 Å². The summed E-state index contributed by atoms with van der Waals surface area (Å²) in [4.78, 5) is 11.3. The van der Waals surface area contributed by atoms with Gasteiger partial charge in [0.25, 0.3) is 0 Å². The van der Waals surface area contributed by atoms with Crippen LogP contribution in [0.25, 0.3) is 0 Å². The zero-order valence-electron chi connectivity index (χ0n) is 11.4. The average Bonchev–Trinajstić information content (AvgIpc) is 2.62. The molecule has 106 valence electrons. The fourth-order valence-electron chi connectivity index (χ4n) is 1.82. The van der Waals surface area contributed by atoms with Crippen LogP contribution in [0.2, 0.25) is 5.02 Å². The first-order chi connectivity index (χ1) is 9.40. The smallest absolute Gasteiger partial charge is 0.159 e. The van der Waals surface area contributed by atoms with Gasteiger partial charge in [-0.3, -0.25) is 9.48 Å². The number of carbonyl (C=O) groups excluding carboxylic acids is 1. The van der Waals surface area contributed by atoms with Gasteiger partial charge in [-0.25, -0.2) is 0 Å². The van der Waals surface area contributed by atoms with Crippen molar-refractivity contribution in [2.24, 2.45) is 7.05 Å². The second-order valence-corrected chi connectivity index (χ2v) is 5.66. The van der Waals surface area contributed by atoms with Gasteiger partial charge in [-0.2, -0.15) is 5.10 Å². The second kappa shape index (κ2) is 5.97. The van der Waals surface area contributed by atoms with Crippen molar-refractivity contribution in [2.45, 2.75) is 20.5 Å². The van der Waals surface area contributed by atoms with Crippen LogP contribution < -0.4 is 4.74 Å². The molecule has 1 aromatic heterocycles. The largest absolute Gasteiger partial charge is 0.486 e. The number of halogens is 2. The van der Waals surface area contributed by atoms with E-state index in [0.29, 0.717) is 22.9 Å². The highest BCUT2D eigenvalue weighted by molar-refractivity contribution is 9.10. The fourth-order valence-corrected chi connectivity index (χ4v) is 2.51. The Kier molecular flexibility index (Phi) is 4.50. The lowest BCUT2D eigenvalue weighted by Gasteiger charge is -2.09. The number of hydrogen-bond acceptors (Lipinski definition) is 3. The molecule has 2 rings (SSSR count). The molecule has 0 aliphatic carbocycles. The highest BCUT2D eigenvalue weighted by Crippen LogP contribution is 2.28. The van der Waals surface area contributed by atoms with Crippen molar-refractivity contribution in [3.63, 3.8) is 0 Å². The van der Waals surface area contributed by atoms with Gasteiger partial charge in [0, 0.05) is 12.6 Å². The van der Waals surface area contributed by atoms with Crippen LogP contribution in [0.5, 0.6) is 5.75 Å². The molecule has 0 bridgehead atoms. The maximum absolute atomic E-state index is 11.3. The number of nitrogens with zero attached hydrogens (tertiary/aromatic N) is 2. The van der Waals surface area contributed by atoms with Crippen molar-refractivity contribution in [3.05, 3.63) is 44.6 Å². The molecule has 0 saturated carbocycles. The van der Waals surface area contributed by atoms with Crippen LogP contribution in [-0.4, -0.2) is 15.6 Å². The maximum atomic E-state index is 11.3. The molecule has 1 aromatic carbocycles. The number of carbonyl (C=O) groups is 1. The van der Waals surface area contributed by atoms with Crippen molar-refractivity contribution in [2.75, 3.05) is 0 Å². The number of aryl methyl sites for hydroxylation is 2. The molecule has 0 fully saturated rings. The molecule has 4 nitrogen and oxygen atoms in total. The maximum Gasteiger partial charge on any atom is 0.159 e. The van der Waals surface area contributed by atoms with Crippen LogP contribution >= 0.6 is 27.5 Å². The van der Waals surface area contributed by atoms with Crippen molar-refractivity contribution >= 4 is 33.3 Å². The Morgan fingerprint density at radius 2 is 2.20 bits per heavy atom. The van der Waals surface area contributed by atoms with Crippen molar-refractivity contribution < 1.29 is 9.53 Å². The average molecular weight is 358 g/mol. The molecule has 0 amide bonds. The molecule has 1 heterocycles. The summed E-state index contributed by atoms with van der Waals surface area (Å²) < 4.78 is 8.39. The molecule has 0 aliphatic heterocycles. The van der Waals surface area contributed by atoms with E-state index < -0.39 is 0 Å². The normalized spacial score (nSPS) is 10.7. The van der Waals surface area contributed by atoms with E-state index in [1.165, 1.54) is 6.92 Å². The van der Waals surface area contributed by atoms with Crippen LogP contribution in [0, 0.1) is 6.92 Å². The third-order valence-corrected chi connectivity index (χ3v) is 4.29. The van der Waals surface area contributed by atoms with Gasteiger partial charge in [0.05, 0.1) is 20.9 Å². The molecule has 6 heteroatoms. The topological polar surface area (TPSA) is 44.1 Å². The molecule has 2 aromatic rings. The Labute approximate surface area is 130 Å². The Bertz CT molecular complexity index is 667. The molecule has 0 aliphatic rings. The SMILES string of the molecule is CC(=O)c1ccc(OCc2c(Br)c(C)nn2C)c(Cl)c1. The Hall–Kier alpha value is -1.33. The third kappa shape index (κ3) is 3.04. The van der Waals surface area contributed by atoms with Gasteiger partial charge in [-0.05, 0) is 48.0 Å². The van der Waals surface area contributed by atoms with Crippen molar-refractivity contribution in [1.82, 2.24) is 9.78 Å². The lowest BCUT2D eigenvalue weighted by Crippen LogP contribution is -2.04. The van der Waals surface area contributed by atoms with Gasteiger partial charge >= 0.3 is 0 Å². The van der Waals surface area contributed by atoms with Crippen LogP contribution in [0.4, 0.5) is 0 Å². The first kappa shape index (κ1) is 15.1. The van der Waals surface area contributed by atoms with E-state index >= 15 is 0 Å². The van der Waals surface area contributed by atoms with E-state index in [2.05, 4.69) is 21.0 Å². The van der Waals surface area contributed by atoms with E-state index in [4.69, 9.17) is 16.3 Å². The monoisotopic (exact) mass is 356 g/mol. The van der Waals surface area contributed by atoms with E-state index in [9.17, 15) is 4.79 Å². The second-order valence-electron chi connectivity index (χ2n) is 4.46. The first-order valence-corrected chi connectivity index (χ1v) is 7.18. The number of Topliss-reactive ketones (excluding diaryl/α,β-unsaturated/α-hetero) is 1. The van der Waals surface area contributed by atoms with Gasteiger partial charge in [-0.15, -0.1) is 0 Å². The number of benzene rings is 1.